The number of hydrogen-bond acceptors (Lipinski definition) is 5. The minimum atomic E-state index is -0.924. The van der Waals surface area contributed by atoms with Crippen LogP contribution in [0.3, 0.4) is 0 Å². The first-order chi connectivity index (χ1) is 12.3. The number of primary amides is 1. The van der Waals surface area contributed by atoms with Crippen LogP contribution in [0.15, 0.2) is 18.2 Å². The molecule has 2 unspecified atom stereocenters. The standard InChI is InChI=1S/C17H21N5O4/c1-9-3-4-11-10(7-9)14(16(18)25)20-22(11)8-13(24)21-6-5-12(23)15(21)17(26)19-2/h3-4,7,12,15,23H,5-6,8H2,1-2H3,(H2,18,25)(H,19,26). The number of benzene rings is 1. The van der Waals surface area contributed by atoms with Crippen molar-refractivity contribution in [2.24, 2.45) is 5.73 Å². The minimum absolute atomic E-state index is 0.0980. The third kappa shape index (κ3) is 3.01. The number of carbonyl (C=O) groups is 3. The summed E-state index contributed by atoms with van der Waals surface area (Å²) in [5.41, 5.74) is 7.04. The molecule has 0 aliphatic carbocycles. The van der Waals surface area contributed by atoms with E-state index in [1.54, 1.807) is 12.1 Å². The van der Waals surface area contributed by atoms with Crippen LogP contribution in [0.2, 0.25) is 0 Å². The molecule has 1 aliphatic rings. The fourth-order valence-electron chi connectivity index (χ4n) is 3.33. The molecule has 1 aromatic carbocycles. The quantitative estimate of drug-likeness (QED) is 0.655. The van der Waals surface area contributed by atoms with Gasteiger partial charge in [-0.1, -0.05) is 11.6 Å². The van der Waals surface area contributed by atoms with Gasteiger partial charge in [-0.3, -0.25) is 19.1 Å². The highest BCUT2D eigenvalue weighted by Crippen LogP contribution is 2.22. The number of carbonyl (C=O) groups excluding carboxylic acids is 3. The van der Waals surface area contributed by atoms with Gasteiger partial charge in [-0.05, 0) is 25.5 Å². The van der Waals surface area contributed by atoms with Crippen LogP contribution in [0.1, 0.15) is 22.5 Å². The smallest absolute Gasteiger partial charge is 0.269 e. The molecule has 0 spiro atoms. The molecule has 1 saturated heterocycles. The van der Waals surface area contributed by atoms with Crippen molar-refractivity contribution in [3.63, 3.8) is 0 Å². The molecule has 1 aliphatic heterocycles. The maximum absolute atomic E-state index is 12.7. The summed E-state index contributed by atoms with van der Waals surface area (Å²) >= 11 is 0. The van der Waals surface area contributed by atoms with E-state index in [1.165, 1.54) is 16.6 Å². The lowest BCUT2D eigenvalue weighted by molar-refractivity contribution is -0.140. The first-order valence-electron chi connectivity index (χ1n) is 8.29. The molecule has 9 nitrogen and oxygen atoms in total. The Bertz CT molecular complexity index is 891. The van der Waals surface area contributed by atoms with Crippen LogP contribution in [-0.4, -0.2) is 63.2 Å². The fraction of sp³-hybridized carbons (Fsp3) is 0.412. The van der Waals surface area contributed by atoms with Crippen LogP contribution < -0.4 is 11.1 Å². The molecule has 0 saturated carbocycles. The number of aliphatic hydroxyl groups is 1. The normalized spacial score (nSPS) is 19.7. The van der Waals surface area contributed by atoms with Gasteiger partial charge in [0.25, 0.3) is 5.91 Å². The van der Waals surface area contributed by atoms with E-state index >= 15 is 0 Å². The number of aryl methyl sites for hydroxylation is 1. The van der Waals surface area contributed by atoms with Gasteiger partial charge in [-0.15, -0.1) is 0 Å². The van der Waals surface area contributed by atoms with Crippen LogP contribution >= 0.6 is 0 Å². The Labute approximate surface area is 149 Å². The number of aliphatic hydroxyl groups excluding tert-OH is 1. The van der Waals surface area contributed by atoms with E-state index in [-0.39, 0.29) is 24.7 Å². The Morgan fingerprint density at radius 2 is 2.12 bits per heavy atom. The average Bonchev–Trinajstić information content (AvgIpc) is 3.15. The monoisotopic (exact) mass is 359 g/mol. The summed E-state index contributed by atoms with van der Waals surface area (Å²) in [4.78, 5) is 37.7. The molecule has 4 N–H and O–H groups in total. The number of amides is 3. The summed E-state index contributed by atoms with van der Waals surface area (Å²) in [6.07, 6.45) is -0.577. The molecule has 1 aromatic heterocycles. The SMILES string of the molecule is CNC(=O)C1C(O)CCN1C(=O)Cn1nc(C(N)=O)c2cc(C)ccc21. The molecule has 1 fully saturated rings. The predicted molar refractivity (Wildman–Crippen MR) is 93.2 cm³/mol. The predicted octanol–water partition coefficient (Wildman–Crippen LogP) is -0.849. The Morgan fingerprint density at radius 1 is 1.38 bits per heavy atom. The van der Waals surface area contributed by atoms with Gasteiger partial charge in [0.1, 0.15) is 12.6 Å². The number of nitrogens with zero attached hydrogens (tertiary/aromatic N) is 3. The zero-order valence-corrected chi connectivity index (χ0v) is 14.6. The van der Waals surface area contributed by atoms with Gasteiger partial charge >= 0.3 is 0 Å². The zero-order chi connectivity index (χ0) is 19.0. The van der Waals surface area contributed by atoms with E-state index in [0.29, 0.717) is 17.3 Å². The number of likely N-dealkylation sites (tertiary alicyclic amines) is 1. The van der Waals surface area contributed by atoms with Gasteiger partial charge in [-0.25, -0.2) is 0 Å². The van der Waals surface area contributed by atoms with Crippen molar-refractivity contribution in [1.29, 1.82) is 0 Å². The van der Waals surface area contributed by atoms with E-state index in [0.717, 1.165) is 5.56 Å². The largest absolute Gasteiger partial charge is 0.390 e. The number of nitrogens with one attached hydrogen (secondary N) is 1. The third-order valence-electron chi connectivity index (χ3n) is 4.63. The molecular formula is C17H21N5O4. The Morgan fingerprint density at radius 3 is 2.77 bits per heavy atom. The average molecular weight is 359 g/mol. The third-order valence-corrected chi connectivity index (χ3v) is 4.63. The van der Waals surface area contributed by atoms with E-state index in [1.807, 2.05) is 13.0 Å². The van der Waals surface area contributed by atoms with Crippen LogP contribution in [0.25, 0.3) is 10.9 Å². The zero-order valence-electron chi connectivity index (χ0n) is 14.6. The van der Waals surface area contributed by atoms with E-state index < -0.39 is 24.0 Å². The van der Waals surface area contributed by atoms with Gasteiger partial charge in [0.2, 0.25) is 11.8 Å². The second kappa shape index (κ2) is 6.75. The Kier molecular flexibility index (Phi) is 4.64. The summed E-state index contributed by atoms with van der Waals surface area (Å²) in [5, 5.41) is 17.2. The lowest BCUT2D eigenvalue weighted by Crippen LogP contribution is -2.50. The van der Waals surface area contributed by atoms with Crippen LogP contribution in [0.5, 0.6) is 0 Å². The molecule has 138 valence electrons. The van der Waals surface area contributed by atoms with Crippen molar-refractivity contribution < 1.29 is 19.5 Å². The number of fused-ring (bicyclic) bond motifs is 1. The summed E-state index contributed by atoms with van der Waals surface area (Å²) in [6.45, 7) is 2.00. The topological polar surface area (TPSA) is 131 Å². The van der Waals surface area contributed by atoms with Crippen molar-refractivity contribution in [1.82, 2.24) is 20.0 Å². The fourth-order valence-corrected chi connectivity index (χ4v) is 3.33. The second-order valence-corrected chi connectivity index (χ2v) is 6.39. The molecule has 3 amide bonds. The van der Waals surface area contributed by atoms with Gasteiger partial charge in [0.15, 0.2) is 5.69 Å². The first kappa shape index (κ1) is 17.9. The summed E-state index contributed by atoms with van der Waals surface area (Å²) in [5.74, 6) is -1.45. The maximum atomic E-state index is 12.7. The van der Waals surface area contributed by atoms with Gasteiger partial charge < -0.3 is 21.1 Å². The maximum Gasteiger partial charge on any atom is 0.269 e. The molecule has 2 atom stereocenters. The molecule has 0 radical (unpaired) electrons. The van der Waals surface area contributed by atoms with Crippen molar-refractivity contribution in [2.75, 3.05) is 13.6 Å². The van der Waals surface area contributed by atoms with Gasteiger partial charge in [0, 0.05) is 19.0 Å². The number of nitrogens with two attached hydrogens (primary N) is 1. The second-order valence-electron chi connectivity index (χ2n) is 6.39. The Hall–Kier alpha value is -2.94. The Balaban J connectivity index is 1.92. The van der Waals surface area contributed by atoms with Crippen molar-refractivity contribution in [3.05, 3.63) is 29.5 Å². The molecule has 2 heterocycles. The number of rotatable bonds is 4. The highest BCUT2D eigenvalue weighted by molar-refractivity contribution is 6.04. The highest BCUT2D eigenvalue weighted by atomic mass is 16.3. The molecule has 9 heteroatoms. The number of aromatic nitrogens is 2. The van der Waals surface area contributed by atoms with Gasteiger partial charge in [0.05, 0.1) is 11.6 Å². The number of likely N-dealkylation sites (N-methyl/N-ethyl adjacent to an activating group) is 1. The molecule has 0 bridgehead atoms. The van der Waals surface area contributed by atoms with Crippen molar-refractivity contribution >= 4 is 28.6 Å². The van der Waals surface area contributed by atoms with E-state index in [4.69, 9.17) is 5.73 Å². The van der Waals surface area contributed by atoms with Crippen molar-refractivity contribution in [2.45, 2.75) is 32.0 Å². The summed E-state index contributed by atoms with van der Waals surface area (Å²) in [7, 11) is 1.46. The minimum Gasteiger partial charge on any atom is -0.390 e. The van der Waals surface area contributed by atoms with Crippen LogP contribution in [-0.2, 0) is 16.1 Å². The summed E-state index contributed by atoms with van der Waals surface area (Å²) in [6, 6.07) is 4.48. The number of hydrogen-bond donors (Lipinski definition) is 3. The molecule has 2 aromatic rings. The van der Waals surface area contributed by atoms with E-state index in [9.17, 15) is 19.5 Å². The van der Waals surface area contributed by atoms with Gasteiger partial charge in [-0.2, -0.15) is 5.10 Å². The van der Waals surface area contributed by atoms with Crippen LogP contribution in [0, 0.1) is 6.92 Å². The lowest BCUT2D eigenvalue weighted by atomic mass is 10.1. The van der Waals surface area contributed by atoms with Crippen LogP contribution in [0.4, 0.5) is 0 Å². The molecule has 3 rings (SSSR count). The summed E-state index contributed by atoms with van der Waals surface area (Å²) < 4.78 is 1.41. The lowest BCUT2D eigenvalue weighted by Gasteiger charge is -2.24. The molecular weight excluding hydrogens is 338 g/mol. The van der Waals surface area contributed by atoms with Crippen molar-refractivity contribution in [3.8, 4) is 0 Å². The van der Waals surface area contributed by atoms with E-state index in [2.05, 4.69) is 10.4 Å². The molecule has 26 heavy (non-hydrogen) atoms. The highest BCUT2D eigenvalue weighted by Gasteiger charge is 2.40. The first-order valence-corrected chi connectivity index (χ1v) is 8.29.